The molecule has 2 N–H and O–H groups in total. The number of hydrogen-bond acceptors (Lipinski definition) is 4. The average Bonchev–Trinajstić information content (AvgIpc) is 3.02. The summed E-state index contributed by atoms with van der Waals surface area (Å²) in [5.41, 5.74) is 3.20. The van der Waals surface area contributed by atoms with Crippen LogP contribution in [-0.4, -0.2) is 44.2 Å². The minimum absolute atomic E-state index is 0.0175. The lowest BCUT2D eigenvalue weighted by atomic mass is 10.0. The maximum atomic E-state index is 11.9. The number of aryl methyl sites for hydroxylation is 1. The van der Waals surface area contributed by atoms with Gasteiger partial charge in [-0.1, -0.05) is 41.9 Å². The quantitative estimate of drug-likeness (QED) is 0.809. The summed E-state index contributed by atoms with van der Waals surface area (Å²) in [7, 11) is 1.62. The lowest BCUT2D eigenvalue weighted by molar-refractivity contribution is 0.0861. The number of carbonyl (C=O) groups is 1. The van der Waals surface area contributed by atoms with Crippen molar-refractivity contribution in [2.45, 2.75) is 38.8 Å². The van der Waals surface area contributed by atoms with Gasteiger partial charge < -0.3 is 20.2 Å². The monoisotopic (exact) mass is 319 g/mol. The normalized spacial score (nSPS) is 18.0. The van der Waals surface area contributed by atoms with E-state index < -0.39 is 0 Å². The molecule has 0 saturated heterocycles. The van der Waals surface area contributed by atoms with Gasteiger partial charge in [0.1, 0.15) is 0 Å². The van der Waals surface area contributed by atoms with Gasteiger partial charge in [0.2, 0.25) is 0 Å². The topological polar surface area (TPSA) is 72.0 Å². The second-order valence-electron chi connectivity index (χ2n) is 5.75. The van der Waals surface area contributed by atoms with Crippen molar-refractivity contribution < 1.29 is 14.4 Å². The first kappa shape index (κ1) is 17.3. The van der Waals surface area contributed by atoms with Crippen LogP contribution in [0.25, 0.3) is 0 Å². The van der Waals surface area contributed by atoms with Crippen molar-refractivity contribution in [3.8, 4) is 0 Å². The molecule has 2 rings (SSSR count). The van der Waals surface area contributed by atoms with E-state index in [0.717, 1.165) is 17.7 Å². The van der Waals surface area contributed by atoms with Gasteiger partial charge in [-0.25, -0.2) is 4.79 Å². The van der Waals surface area contributed by atoms with Crippen molar-refractivity contribution in [1.82, 2.24) is 10.6 Å². The molecule has 0 unspecified atom stereocenters. The average molecular weight is 319 g/mol. The molecule has 2 amide bonds. The third kappa shape index (κ3) is 5.25. The number of carbonyl (C=O) groups excluding carboxylic acids is 1. The number of rotatable bonds is 7. The van der Waals surface area contributed by atoms with Crippen LogP contribution in [0.4, 0.5) is 4.79 Å². The molecule has 1 aromatic rings. The van der Waals surface area contributed by atoms with E-state index in [1.807, 2.05) is 19.1 Å². The second kappa shape index (κ2) is 8.53. The summed E-state index contributed by atoms with van der Waals surface area (Å²) in [5, 5.41) is 9.82. The number of oxime groups is 1. The van der Waals surface area contributed by atoms with Crippen LogP contribution in [0.2, 0.25) is 0 Å². The molecular formula is C17H25N3O3. The Bertz CT molecular complexity index is 543. The zero-order valence-electron chi connectivity index (χ0n) is 14.0. The van der Waals surface area contributed by atoms with Crippen molar-refractivity contribution in [2.24, 2.45) is 5.16 Å². The van der Waals surface area contributed by atoms with Crippen molar-refractivity contribution in [1.29, 1.82) is 0 Å². The zero-order valence-corrected chi connectivity index (χ0v) is 14.0. The predicted octanol–water partition coefficient (Wildman–Crippen LogP) is 2.21. The van der Waals surface area contributed by atoms with Crippen LogP contribution in [0, 0.1) is 6.92 Å². The fourth-order valence-electron chi connectivity index (χ4n) is 2.36. The van der Waals surface area contributed by atoms with Crippen molar-refractivity contribution in [2.75, 3.05) is 20.3 Å². The van der Waals surface area contributed by atoms with E-state index in [-0.39, 0.29) is 18.2 Å². The molecule has 0 radical (unpaired) electrons. The molecule has 0 fully saturated rings. The number of nitrogens with zero attached hydrogens (tertiary/aromatic N) is 1. The highest BCUT2D eigenvalue weighted by Gasteiger charge is 2.23. The molecular weight excluding hydrogens is 294 g/mol. The molecule has 0 aliphatic carbocycles. The van der Waals surface area contributed by atoms with E-state index in [0.29, 0.717) is 19.6 Å². The molecule has 1 aliphatic heterocycles. The fourth-order valence-corrected chi connectivity index (χ4v) is 2.36. The van der Waals surface area contributed by atoms with Crippen LogP contribution in [-0.2, 0) is 9.57 Å². The maximum Gasteiger partial charge on any atom is 0.315 e. The largest absolute Gasteiger partial charge is 0.390 e. The number of benzene rings is 1. The van der Waals surface area contributed by atoms with E-state index in [4.69, 9.17) is 9.57 Å². The van der Waals surface area contributed by atoms with Crippen molar-refractivity contribution in [3.05, 3.63) is 35.4 Å². The molecule has 2 atom stereocenters. The fraction of sp³-hybridized carbons (Fsp3) is 0.529. The van der Waals surface area contributed by atoms with Crippen LogP contribution in [0.15, 0.2) is 29.4 Å². The summed E-state index contributed by atoms with van der Waals surface area (Å²) >= 11 is 0. The summed E-state index contributed by atoms with van der Waals surface area (Å²) in [6, 6.07) is 7.99. The Morgan fingerprint density at radius 1 is 1.43 bits per heavy atom. The standard InChI is InChI=1S/C17H25N3O3/c1-4-14(11-22-3)19-17(21)18-10-15-9-16(20-23-15)13-7-5-12(2)6-8-13/h5-8,14-15H,4,9-11H2,1-3H3,(H2,18,19,21)/t14-,15+/m0/s1. The molecule has 6 nitrogen and oxygen atoms in total. The Balaban J connectivity index is 1.74. The summed E-state index contributed by atoms with van der Waals surface area (Å²) in [5.74, 6) is 0. The first-order valence-electron chi connectivity index (χ1n) is 7.95. The minimum Gasteiger partial charge on any atom is -0.390 e. The molecule has 126 valence electrons. The van der Waals surface area contributed by atoms with Crippen molar-refractivity contribution in [3.63, 3.8) is 0 Å². The van der Waals surface area contributed by atoms with E-state index in [1.165, 1.54) is 5.56 Å². The molecule has 0 spiro atoms. The van der Waals surface area contributed by atoms with Gasteiger partial charge in [-0.2, -0.15) is 0 Å². The molecule has 1 aromatic carbocycles. The number of amides is 2. The lowest BCUT2D eigenvalue weighted by Gasteiger charge is -2.17. The molecule has 1 aliphatic rings. The highest BCUT2D eigenvalue weighted by molar-refractivity contribution is 6.01. The van der Waals surface area contributed by atoms with Gasteiger partial charge in [0.25, 0.3) is 0 Å². The van der Waals surface area contributed by atoms with Gasteiger partial charge in [-0.05, 0) is 18.9 Å². The Labute approximate surface area is 137 Å². The van der Waals surface area contributed by atoms with E-state index in [2.05, 4.69) is 34.8 Å². The highest BCUT2D eigenvalue weighted by Crippen LogP contribution is 2.16. The molecule has 1 heterocycles. The number of methoxy groups -OCH3 is 1. The minimum atomic E-state index is -0.207. The number of nitrogens with one attached hydrogen (secondary N) is 2. The Morgan fingerprint density at radius 3 is 2.83 bits per heavy atom. The molecule has 23 heavy (non-hydrogen) atoms. The number of ether oxygens (including phenoxy) is 1. The lowest BCUT2D eigenvalue weighted by Crippen LogP contribution is -2.45. The van der Waals surface area contributed by atoms with Crippen LogP contribution in [0.3, 0.4) is 0 Å². The van der Waals surface area contributed by atoms with E-state index >= 15 is 0 Å². The van der Waals surface area contributed by atoms with Crippen molar-refractivity contribution >= 4 is 11.7 Å². The maximum absolute atomic E-state index is 11.9. The third-order valence-corrected chi connectivity index (χ3v) is 3.80. The van der Waals surface area contributed by atoms with Crippen LogP contribution >= 0.6 is 0 Å². The van der Waals surface area contributed by atoms with Gasteiger partial charge in [0.05, 0.1) is 24.9 Å². The van der Waals surface area contributed by atoms with Gasteiger partial charge in [-0.15, -0.1) is 0 Å². The SMILES string of the molecule is CC[C@@H](COC)NC(=O)NC[C@H]1CC(c2ccc(C)cc2)=NO1. The van der Waals surface area contributed by atoms with Crippen LogP contribution in [0.5, 0.6) is 0 Å². The first-order valence-corrected chi connectivity index (χ1v) is 7.95. The van der Waals surface area contributed by atoms with Crippen LogP contribution < -0.4 is 10.6 Å². The van der Waals surface area contributed by atoms with E-state index in [1.54, 1.807) is 7.11 Å². The van der Waals surface area contributed by atoms with E-state index in [9.17, 15) is 4.79 Å². The van der Waals surface area contributed by atoms with Gasteiger partial charge >= 0.3 is 6.03 Å². The second-order valence-corrected chi connectivity index (χ2v) is 5.75. The van der Waals surface area contributed by atoms with Gasteiger partial charge in [0, 0.05) is 13.5 Å². The van der Waals surface area contributed by atoms with Gasteiger partial charge in [0.15, 0.2) is 6.10 Å². The molecule has 0 saturated carbocycles. The molecule has 6 heteroatoms. The number of urea groups is 1. The Kier molecular flexibility index (Phi) is 6.40. The summed E-state index contributed by atoms with van der Waals surface area (Å²) in [6.45, 7) is 4.99. The van der Waals surface area contributed by atoms with Crippen LogP contribution in [0.1, 0.15) is 30.9 Å². The summed E-state index contributed by atoms with van der Waals surface area (Å²) in [6.07, 6.45) is 1.39. The summed E-state index contributed by atoms with van der Waals surface area (Å²) < 4.78 is 5.06. The zero-order chi connectivity index (χ0) is 16.7. The number of hydrogen-bond donors (Lipinski definition) is 2. The Morgan fingerprint density at radius 2 is 2.17 bits per heavy atom. The Hall–Kier alpha value is -2.08. The first-order chi connectivity index (χ1) is 11.1. The van der Waals surface area contributed by atoms with Gasteiger partial charge in [-0.3, -0.25) is 0 Å². The summed E-state index contributed by atoms with van der Waals surface area (Å²) in [4.78, 5) is 17.3. The third-order valence-electron chi connectivity index (χ3n) is 3.80. The smallest absolute Gasteiger partial charge is 0.315 e. The molecule has 0 aromatic heterocycles. The predicted molar refractivity (Wildman–Crippen MR) is 89.7 cm³/mol. The highest BCUT2D eigenvalue weighted by atomic mass is 16.6. The molecule has 0 bridgehead atoms.